The summed E-state index contributed by atoms with van der Waals surface area (Å²) in [6.45, 7) is 0. The number of halogens is 2. The van der Waals surface area contributed by atoms with Crippen molar-refractivity contribution in [2.45, 2.75) is 10.8 Å². The lowest BCUT2D eigenvalue weighted by Crippen LogP contribution is -2.20. The number of hydrogen-bond donors (Lipinski definition) is 2. The third-order valence-electron chi connectivity index (χ3n) is 2.59. The molecular weight excluding hydrogens is 263 g/mol. The van der Waals surface area contributed by atoms with Crippen LogP contribution in [0.4, 0.5) is 5.69 Å². The number of anilines is 1. The van der Waals surface area contributed by atoms with Crippen molar-refractivity contribution >= 4 is 40.7 Å². The zero-order valence-electron chi connectivity index (χ0n) is 8.74. The Hall–Kier alpha value is -1.26. The van der Waals surface area contributed by atoms with Gasteiger partial charge in [-0.15, -0.1) is 23.2 Å². The van der Waals surface area contributed by atoms with Crippen LogP contribution < -0.4 is 11.1 Å². The minimum atomic E-state index is -0.980. The second-order valence-corrected chi connectivity index (χ2v) is 5.46. The fourth-order valence-corrected chi connectivity index (χ4v) is 2.03. The SMILES string of the molecule is NC(=O)c1ccccc1NC(=O)C1CC1(Cl)Cl. The molecule has 6 heteroatoms. The van der Waals surface area contributed by atoms with Gasteiger partial charge < -0.3 is 11.1 Å². The highest BCUT2D eigenvalue weighted by molar-refractivity contribution is 6.52. The van der Waals surface area contributed by atoms with Crippen LogP contribution in [0.25, 0.3) is 0 Å². The average Bonchev–Trinajstić information content (AvgIpc) is 2.88. The molecule has 1 aromatic carbocycles. The standard InChI is InChI=1S/C11H10Cl2N2O2/c12-11(13)5-7(11)10(17)15-8-4-2-1-3-6(8)9(14)16/h1-4,7H,5H2,(H2,14,16)(H,15,17). The monoisotopic (exact) mass is 272 g/mol. The van der Waals surface area contributed by atoms with Gasteiger partial charge in [-0.05, 0) is 18.6 Å². The van der Waals surface area contributed by atoms with Crippen LogP contribution in [0, 0.1) is 5.92 Å². The maximum Gasteiger partial charge on any atom is 0.250 e. The predicted molar refractivity (Wildman–Crippen MR) is 66.1 cm³/mol. The van der Waals surface area contributed by atoms with E-state index in [1.165, 1.54) is 0 Å². The Labute approximate surface area is 108 Å². The zero-order valence-corrected chi connectivity index (χ0v) is 10.3. The third kappa shape index (κ3) is 2.53. The summed E-state index contributed by atoms with van der Waals surface area (Å²) in [6.07, 6.45) is 0.417. The molecule has 0 aliphatic heterocycles. The summed E-state index contributed by atoms with van der Waals surface area (Å²) in [6, 6.07) is 6.51. The number of para-hydroxylation sites is 1. The van der Waals surface area contributed by atoms with Gasteiger partial charge in [-0.2, -0.15) is 0 Å². The first-order chi connectivity index (χ1) is 7.92. The van der Waals surface area contributed by atoms with Crippen LogP contribution in [0.1, 0.15) is 16.8 Å². The van der Waals surface area contributed by atoms with Crippen molar-refractivity contribution in [3.63, 3.8) is 0 Å². The van der Waals surface area contributed by atoms with Crippen LogP contribution >= 0.6 is 23.2 Å². The summed E-state index contributed by atoms with van der Waals surface area (Å²) in [5.74, 6) is -1.34. The molecule has 0 saturated heterocycles. The van der Waals surface area contributed by atoms with Crippen LogP contribution in [0.5, 0.6) is 0 Å². The molecule has 0 aromatic heterocycles. The molecule has 17 heavy (non-hydrogen) atoms. The number of alkyl halides is 2. The van der Waals surface area contributed by atoms with Gasteiger partial charge in [0.2, 0.25) is 5.91 Å². The molecule has 0 heterocycles. The van der Waals surface area contributed by atoms with Crippen molar-refractivity contribution in [3.05, 3.63) is 29.8 Å². The average molecular weight is 273 g/mol. The molecular formula is C11H10Cl2N2O2. The molecule has 3 N–H and O–H groups in total. The Morgan fingerprint density at radius 2 is 1.94 bits per heavy atom. The van der Waals surface area contributed by atoms with Crippen LogP contribution in [-0.4, -0.2) is 16.1 Å². The highest BCUT2D eigenvalue weighted by Crippen LogP contribution is 2.53. The first-order valence-electron chi connectivity index (χ1n) is 4.99. The molecule has 1 atom stereocenters. The van der Waals surface area contributed by atoms with E-state index in [2.05, 4.69) is 5.32 Å². The van der Waals surface area contributed by atoms with E-state index in [4.69, 9.17) is 28.9 Å². The van der Waals surface area contributed by atoms with Crippen molar-refractivity contribution in [1.29, 1.82) is 0 Å². The first-order valence-corrected chi connectivity index (χ1v) is 5.75. The van der Waals surface area contributed by atoms with Crippen LogP contribution in [0.15, 0.2) is 24.3 Å². The molecule has 1 aliphatic rings. The van der Waals surface area contributed by atoms with Gasteiger partial charge in [0.25, 0.3) is 5.91 Å². The van der Waals surface area contributed by atoms with E-state index < -0.39 is 16.2 Å². The van der Waals surface area contributed by atoms with E-state index in [0.29, 0.717) is 12.1 Å². The summed E-state index contributed by atoms with van der Waals surface area (Å²) < 4.78 is -0.980. The molecule has 4 nitrogen and oxygen atoms in total. The van der Waals surface area contributed by atoms with Gasteiger partial charge >= 0.3 is 0 Å². The molecule has 1 aliphatic carbocycles. The molecule has 1 saturated carbocycles. The van der Waals surface area contributed by atoms with Crippen LogP contribution in [-0.2, 0) is 4.79 Å². The molecule has 0 bridgehead atoms. The van der Waals surface area contributed by atoms with Gasteiger partial charge in [-0.1, -0.05) is 12.1 Å². The molecule has 1 aromatic rings. The molecule has 1 fully saturated rings. The largest absolute Gasteiger partial charge is 0.366 e. The summed E-state index contributed by atoms with van der Waals surface area (Å²) in [5, 5.41) is 2.60. The maximum atomic E-state index is 11.7. The fraction of sp³-hybridized carbons (Fsp3) is 0.273. The fourth-order valence-electron chi connectivity index (χ4n) is 1.52. The van der Waals surface area contributed by atoms with Crippen molar-refractivity contribution in [3.8, 4) is 0 Å². The number of benzene rings is 1. The Morgan fingerprint density at radius 1 is 1.35 bits per heavy atom. The maximum absolute atomic E-state index is 11.7. The van der Waals surface area contributed by atoms with E-state index in [-0.39, 0.29) is 11.5 Å². The van der Waals surface area contributed by atoms with E-state index in [0.717, 1.165) is 0 Å². The Morgan fingerprint density at radius 3 is 2.47 bits per heavy atom. The van der Waals surface area contributed by atoms with Crippen molar-refractivity contribution < 1.29 is 9.59 Å². The number of carbonyl (C=O) groups is 2. The number of hydrogen-bond acceptors (Lipinski definition) is 2. The molecule has 1 unspecified atom stereocenters. The van der Waals surface area contributed by atoms with E-state index in [9.17, 15) is 9.59 Å². The highest BCUT2D eigenvalue weighted by atomic mass is 35.5. The molecule has 2 amide bonds. The predicted octanol–water partition coefficient (Wildman–Crippen LogP) is 1.92. The quantitative estimate of drug-likeness (QED) is 0.826. The van der Waals surface area contributed by atoms with E-state index >= 15 is 0 Å². The second kappa shape index (κ2) is 4.20. The second-order valence-electron chi connectivity index (χ2n) is 3.92. The van der Waals surface area contributed by atoms with Gasteiger partial charge in [0.05, 0.1) is 17.2 Å². The lowest BCUT2D eigenvalue weighted by molar-refractivity contribution is -0.117. The first kappa shape index (κ1) is 12.2. The number of primary amides is 1. The van der Waals surface area contributed by atoms with Gasteiger partial charge in [-0.3, -0.25) is 9.59 Å². The van der Waals surface area contributed by atoms with E-state index in [1.807, 2.05) is 0 Å². The lowest BCUT2D eigenvalue weighted by Gasteiger charge is -2.08. The minimum Gasteiger partial charge on any atom is -0.366 e. The summed E-state index contributed by atoms with van der Waals surface area (Å²) in [5.41, 5.74) is 5.83. The number of nitrogens with two attached hydrogens (primary N) is 1. The summed E-state index contributed by atoms with van der Waals surface area (Å²) in [4.78, 5) is 22.9. The molecule has 2 rings (SSSR count). The Kier molecular flexibility index (Phi) is 3.02. The highest BCUT2D eigenvalue weighted by Gasteiger charge is 2.56. The van der Waals surface area contributed by atoms with Gasteiger partial charge in [0.1, 0.15) is 4.33 Å². The number of nitrogens with one attached hydrogen (secondary N) is 1. The Bertz CT molecular complexity index is 488. The molecule has 90 valence electrons. The molecule has 0 radical (unpaired) electrons. The van der Waals surface area contributed by atoms with Crippen molar-refractivity contribution in [1.82, 2.24) is 0 Å². The normalized spacial score (nSPS) is 20.7. The minimum absolute atomic E-state index is 0.260. The number of amides is 2. The van der Waals surface area contributed by atoms with E-state index in [1.54, 1.807) is 24.3 Å². The van der Waals surface area contributed by atoms with Crippen LogP contribution in [0.3, 0.4) is 0 Å². The van der Waals surface area contributed by atoms with Gasteiger partial charge in [0.15, 0.2) is 0 Å². The number of carbonyl (C=O) groups excluding carboxylic acids is 2. The molecule has 0 spiro atoms. The Balaban J connectivity index is 2.14. The topological polar surface area (TPSA) is 72.2 Å². The zero-order chi connectivity index (χ0) is 12.6. The number of rotatable bonds is 3. The van der Waals surface area contributed by atoms with Crippen molar-refractivity contribution in [2.24, 2.45) is 11.7 Å². The van der Waals surface area contributed by atoms with Crippen LogP contribution in [0.2, 0.25) is 0 Å². The third-order valence-corrected chi connectivity index (χ3v) is 3.43. The summed E-state index contributed by atoms with van der Waals surface area (Å²) >= 11 is 11.6. The van der Waals surface area contributed by atoms with Gasteiger partial charge in [-0.25, -0.2) is 0 Å². The van der Waals surface area contributed by atoms with Gasteiger partial charge in [0, 0.05) is 0 Å². The summed E-state index contributed by atoms with van der Waals surface area (Å²) in [7, 11) is 0. The van der Waals surface area contributed by atoms with Crippen molar-refractivity contribution in [2.75, 3.05) is 5.32 Å². The smallest absolute Gasteiger partial charge is 0.250 e. The lowest BCUT2D eigenvalue weighted by atomic mass is 10.1.